The van der Waals surface area contributed by atoms with Gasteiger partial charge in [-0.15, -0.1) is 0 Å². The van der Waals surface area contributed by atoms with Crippen molar-refractivity contribution in [3.05, 3.63) is 23.8 Å². The van der Waals surface area contributed by atoms with E-state index in [0.29, 0.717) is 12.2 Å². The quantitative estimate of drug-likeness (QED) is 0.683. The number of anilines is 2. The van der Waals surface area contributed by atoms with Gasteiger partial charge in [0.05, 0.1) is 11.4 Å². The molecule has 17 heavy (non-hydrogen) atoms. The van der Waals surface area contributed by atoms with Crippen LogP contribution < -0.4 is 16.4 Å². The molecule has 1 aromatic carbocycles. The second-order valence-corrected chi connectivity index (χ2v) is 4.19. The van der Waals surface area contributed by atoms with Gasteiger partial charge in [0.1, 0.15) is 6.04 Å². The lowest BCUT2D eigenvalue weighted by Gasteiger charge is -2.17. The zero-order valence-electron chi connectivity index (χ0n) is 10.7. The van der Waals surface area contributed by atoms with Crippen LogP contribution in [0.2, 0.25) is 0 Å². The van der Waals surface area contributed by atoms with Gasteiger partial charge >= 0.3 is 0 Å². The van der Waals surface area contributed by atoms with E-state index in [0.717, 1.165) is 17.7 Å². The molecule has 1 unspecified atom stereocenters. The van der Waals surface area contributed by atoms with Crippen molar-refractivity contribution < 1.29 is 4.79 Å². The first-order valence-electron chi connectivity index (χ1n) is 5.95. The minimum Gasteiger partial charge on any atom is -0.397 e. The van der Waals surface area contributed by atoms with Crippen molar-refractivity contribution in [3.8, 4) is 0 Å². The molecule has 0 aliphatic carbocycles. The molecule has 0 aromatic heterocycles. The number of hydrogen-bond acceptors (Lipinski definition) is 3. The van der Waals surface area contributed by atoms with Crippen LogP contribution in [-0.4, -0.2) is 18.5 Å². The standard InChI is InChI=1S/C13H21N3O/c1-4-8-15-13(17)10(3)16-11-7-5-6-9(2)12(11)14/h5-7,10,16H,4,8,14H2,1-3H3,(H,15,17). The fourth-order valence-electron chi connectivity index (χ4n) is 1.51. The second kappa shape index (κ2) is 6.13. The van der Waals surface area contributed by atoms with Crippen LogP contribution in [0.5, 0.6) is 0 Å². The van der Waals surface area contributed by atoms with Crippen LogP contribution >= 0.6 is 0 Å². The Labute approximate surface area is 103 Å². The van der Waals surface area contributed by atoms with Crippen molar-refractivity contribution in [2.24, 2.45) is 0 Å². The third-order valence-corrected chi connectivity index (χ3v) is 2.64. The monoisotopic (exact) mass is 235 g/mol. The minimum atomic E-state index is -0.286. The Morgan fingerprint density at radius 1 is 1.47 bits per heavy atom. The third kappa shape index (κ3) is 3.66. The van der Waals surface area contributed by atoms with Gasteiger partial charge in [-0.25, -0.2) is 0 Å². The largest absolute Gasteiger partial charge is 0.397 e. The maximum atomic E-state index is 11.7. The number of nitrogen functional groups attached to an aromatic ring is 1. The summed E-state index contributed by atoms with van der Waals surface area (Å²) >= 11 is 0. The molecule has 4 heteroatoms. The zero-order chi connectivity index (χ0) is 12.8. The Morgan fingerprint density at radius 3 is 2.82 bits per heavy atom. The topological polar surface area (TPSA) is 67.2 Å². The lowest BCUT2D eigenvalue weighted by atomic mass is 10.1. The number of benzene rings is 1. The second-order valence-electron chi connectivity index (χ2n) is 4.19. The number of nitrogens with one attached hydrogen (secondary N) is 2. The Kier molecular flexibility index (Phi) is 4.82. The third-order valence-electron chi connectivity index (χ3n) is 2.64. The highest BCUT2D eigenvalue weighted by Crippen LogP contribution is 2.22. The van der Waals surface area contributed by atoms with Crippen LogP contribution in [0.15, 0.2) is 18.2 Å². The average Bonchev–Trinajstić information content (AvgIpc) is 2.31. The van der Waals surface area contributed by atoms with Crippen molar-refractivity contribution in [1.29, 1.82) is 0 Å². The Bertz CT molecular complexity index is 390. The number of amides is 1. The highest BCUT2D eigenvalue weighted by Gasteiger charge is 2.13. The van der Waals surface area contributed by atoms with E-state index in [1.165, 1.54) is 0 Å². The van der Waals surface area contributed by atoms with E-state index in [9.17, 15) is 4.79 Å². The highest BCUT2D eigenvalue weighted by molar-refractivity contribution is 5.85. The van der Waals surface area contributed by atoms with Crippen molar-refractivity contribution in [2.75, 3.05) is 17.6 Å². The number of carbonyl (C=O) groups excluding carboxylic acids is 1. The predicted molar refractivity (Wildman–Crippen MR) is 72.0 cm³/mol. The van der Waals surface area contributed by atoms with Crippen molar-refractivity contribution in [3.63, 3.8) is 0 Å². The molecule has 94 valence electrons. The lowest BCUT2D eigenvalue weighted by molar-refractivity contribution is -0.121. The summed E-state index contributed by atoms with van der Waals surface area (Å²) in [5.74, 6) is -0.00671. The predicted octanol–water partition coefficient (Wildman–Crippen LogP) is 1.90. The molecule has 0 radical (unpaired) electrons. The Hall–Kier alpha value is -1.71. The van der Waals surface area contributed by atoms with Gasteiger partial charge in [0.25, 0.3) is 0 Å². The summed E-state index contributed by atoms with van der Waals surface area (Å²) in [5.41, 5.74) is 8.45. The number of para-hydroxylation sites is 1. The van der Waals surface area contributed by atoms with Gasteiger partial charge in [0.2, 0.25) is 5.91 Å². The molecule has 4 N–H and O–H groups in total. The summed E-state index contributed by atoms with van der Waals surface area (Å²) in [6.07, 6.45) is 0.936. The van der Waals surface area contributed by atoms with E-state index < -0.39 is 0 Å². The molecule has 0 aliphatic heterocycles. The molecular weight excluding hydrogens is 214 g/mol. The summed E-state index contributed by atoms with van der Waals surface area (Å²) in [6, 6.07) is 5.46. The summed E-state index contributed by atoms with van der Waals surface area (Å²) in [7, 11) is 0. The summed E-state index contributed by atoms with van der Waals surface area (Å²) in [6.45, 7) is 6.50. The highest BCUT2D eigenvalue weighted by atomic mass is 16.2. The molecule has 0 fully saturated rings. The zero-order valence-corrected chi connectivity index (χ0v) is 10.7. The van der Waals surface area contributed by atoms with E-state index in [1.807, 2.05) is 39.0 Å². The van der Waals surface area contributed by atoms with Crippen LogP contribution in [0, 0.1) is 6.92 Å². The summed E-state index contributed by atoms with van der Waals surface area (Å²) < 4.78 is 0. The van der Waals surface area contributed by atoms with Gasteiger partial charge in [0, 0.05) is 6.54 Å². The minimum absolute atomic E-state index is 0.00671. The molecular formula is C13H21N3O. The van der Waals surface area contributed by atoms with Crippen LogP contribution in [0.1, 0.15) is 25.8 Å². The van der Waals surface area contributed by atoms with Gasteiger partial charge in [0.15, 0.2) is 0 Å². The van der Waals surface area contributed by atoms with Crippen LogP contribution in [0.4, 0.5) is 11.4 Å². The van der Waals surface area contributed by atoms with Crippen molar-refractivity contribution in [2.45, 2.75) is 33.2 Å². The van der Waals surface area contributed by atoms with Gasteiger partial charge in [-0.2, -0.15) is 0 Å². The Balaban J connectivity index is 2.64. The van der Waals surface area contributed by atoms with E-state index in [-0.39, 0.29) is 11.9 Å². The molecule has 1 rings (SSSR count). The Morgan fingerprint density at radius 2 is 2.18 bits per heavy atom. The SMILES string of the molecule is CCCNC(=O)C(C)Nc1cccc(C)c1N. The van der Waals surface area contributed by atoms with Gasteiger partial charge < -0.3 is 16.4 Å². The molecule has 1 amide bonds. The molecule has 0 bridgehead atoms. The van der Waals surface area contributed by atoms with E-state index in [2.05, 4.69) is 10.6 Å². The molecule has 1 atom stereocenters. The van der Waals surface area contributed by atoms with Crippen LogP contribution in [-0.2, 0) is 4.79 Å². The van der Waals surface area contributed by atoms with Gasteiger partial charge in [-0.3, -0.25) is 4.79 Å². The van der Waals surface area contributed by atoms with E-state index in [1.54, 1.807) is 0 Å². The van der Waals surface area contributed by atoms with E-state index in [4.69, 9.17) is 5.73 Å². The van der Waals surface area contributed by atoms with Crippen LogP contribution in [0.3, 0.4) is 0 Å². The van der Waals surface area contributed by atoms with E-state index >= 15 is 0 Å². The molecule has 4 nitrogen and oxygen atoms in total. The molecule has 1 aromatic rings. The normalized spacial score (nSPS) is 11.9. The van der Waals surface area contributed by atoms with Gasteiger partial charge in [-0.1, -0.05) is 19.1 Å². The van der Waals surface area contributed by atoms with Crippen LogP contribution in [0.25, 0.3) is 0 Å². The number of carbonyl (C=O) groups is 1. The summed E-state index contributed by atoms with van der Waals surface area (Å²) in [5, 5.41) is 5.97. The molecule has 0 aliphatic rings. The molecule has 0 heterocycles. The fourth-order valence-corrected chi connectivity index (χ4v) is 1.51. The smallest absolute Gasteiger partial charge is 0.242 e. The summed E-state index contributed by atoms with van der Waals surface area (Å²) in [4.78, 5) is 11.7. The lowest BCUT2D eigenvalue weighted by Crippen LogP contribution is -2.38. The molecule has 0 saturated heterocycles. The maximum Gasteiger partial charge on any atom is 0.242 e. The number of aryl methyl sites for hydroxylation is 1. The van der Waals surface area contributed by atoms with Gasteiger partial charge in [-0.05, 0) is 31.9 Å². The first-order valence-corrected chi connectivity index (χ1v) is 5.95. The molecule has 0 spiro atoms. The number of rotatable bonds is 5. The first-order chi connectivity index (χ1) is 8.06. The van der Waals surface area contributed by atoms with Crippen molar-refractivity contribution >= 4 is 17.3 Å². The number of hydrogen-bond donors (Lipinski definition) is 3. The van der Waals surface area contributed by atoms with Crippen molar-refractivity contribution in [1.82, 2.24) is 5.32 Å². The fraction of sp³-hybridized carbons (Fsp3) is 0.462. The first kappa shape index (κ1) is 13.4. The maximum absolute atomic E-state index is 11.7. The average molecular weight is 235 g/mol. The molecule has 0 saturated carbocycles. The number of nitrogens with two attached hydrogens (primary N) is 1.